The van der Waals surface area contributed by atoms with Crippen LogP contribution in [0.25, 0.3) is 0 Å². The molecule has 1 saturated heterocycles. The molecule has 3 nitrogen and oxygen atoms in total. The lowest BCUT2D eigenvalue weighted by Gasteiger charge is -2.28. The van der Waals surface area contributed by atoms with Gasteiger partial charge in [0.05, 0.1) is 5.60 Å². The minimum atomic E-state index is -0.586. The van der Waals surface area contributed by atoms with Crippen molar-refractivity contribution in [3.05, 3.63) is 0 Å². The molecule has 1 aliphatic rings. The zero-order valence-electron chi connectivity index (χ0n) is 9.08. The Hall–Kier alpha value is 0.230. The first-order valence-corrected chi connectivity index (χ1v) is 6.56. The summed E-state index contributed by atoms with van der Waals surface area (Å²) in [5.41, 5.74) is -0.586. The van der Waals surface area contributed by atoms with Crippen molar-refractivity contribution in [2.45, 2.75) is 31.4 Å². The summed E-state index contributed by atoms with van der Waals surface area (Å²) in [6, 6.07) is 0.525. The van der Waals surface area contributed by atoms with Gasteiger partial charge in [-0.1, -0.05) is 0 Å². The van der Waals surface area contributed by atoms with Crippen molar-refractivity contribution < 1.29 is 9.84 Å². The molecule has 0 aromatic heterocycles. The fourth-order valence-electron chi connectivity index (χ4n) is 1.63. The molecule has 0 saturated carbocycles. The van der Waals surface area contributed by atoms with Crippen LogP contribution in [0.3, 0.4) is 0 Å². The number of hydrogen-bond donors (Lipinski definition) is 2. The Kier molecular flexibility index (Phi) is 5.23. The lowest BCUT2D eigenvalue weighted by atomic mass is 10.1. The Bertz CT molecular complexity index is 158. The number of ether oxygens (including phenoxy) is 1. The Morgan fingerprint density at radius 3 is 2.71 bits per heavy atom. The summed E-state index contributed by atoms with van der Waals surface area (Å²) in [7, 11) is 0. The number of hydrogen-bond acceptors (Lipinski definition) is 4. The average Bonchev–Trinajstić information content (AvgIpc) is 2.17. The van der Waals surface area contributed by atoms with E-state index in [0.717, 1.165) is 31.8 Å². The van der Waals surface area contributed by atoms with Crippen molar-refractivity contribution in [2.24, 2.45) is 0 Å². The predicted molar refractivity (Wildman–Crippen MR) is 60.8 cm³/mol. The highest BCUT2D eigenvalue weighted by Crippen LogP contribution is 2.11. The molecule has 14 heavy (non-hydrogen) atoms. The molecule has 4 heteroatoms. The van der Waals surface area contributed by atoms with Crippen LogP contribution in [0.4, 0.5) is 0 Å². The molecule has 1 unspecified atom stereocenters. The average molecular weight is 219 g/mol. The smallest absolute Gasteiger partial charge is 0.0833 e. The van der Waals surface area contributed by atoms with Crippen LogP contribution in [0.15, 0.2) is 0 Å². The third-order valence-electron chi connectivity index (χ3n) is 2.45. The molecule has 1 aliphatic heterocycles. The lowest BCUT2D eigenvalue weighted by molar-refractivity contribution is 0.0545. The van der Waals surface area contributed by atoms with E-state index in [1.54, 1.807) is 11.8 Å². The molecule has 0 amide bonds. The molecule has 1 rings (SSSR count). The maximum atomic E-state index is 9.93. The van der Waals surface area contributed by atoms with Crippen molar-refractivity contribution in [2.75, 3.05) is 31.8 Å². The van der Waals surface area contributed by atoms with Crippen molar-refractivity contribution in [1.29, 1.82) is 0 Å². The molecule has 1 fully saturated rings. The van der Waals surface area contributed by atoms with Crippen LogP contribution in [0.2, 0.25) is 0 Å². The third kappa shape index (κ3) is 4.64. The van der Waals surface area contributed by atoms with Gasteiger partial charge < -0.3 is 15.2 Å². The normalized spacial score (nSPS) is 23.4. The van der Waals surface area contributed by atoms with Crippen LogP contribution in [0, 0.1) is 0 Å². The van der Waals surface area contributed by atoms with Gasteiger partial charge in [0.15, 0.2) is 0 Å². The first-order chi connectivity index (χ1) is 6.64. The first kappa shape index (κ1) is 12.3. The molecule has 0 aromatic rings. The molecule has 84 valence electrons. The summed E-state index contributed by atoms with van der Waals surface area (Å²) in [6.45, 7) is 4.26. The zero-order chi connectivity index (χ0) is 10.4. The van der Waals surface area contributed by atoms with E-state index < -0.39 is 5.60 Å². The number of nitrogens with one attached hydrogen (secondary N) is 1. The van der Waals surface area contributed by atoms with Crippen molar-refractivity contribution in [3.8, 4) is 0 Å². The Morgan fingerprint density at radius 1 is 1.50 bits per heavy atom. The maximum Gasteiger partial charge on any atom is 0.0833 e. The van der Waals surface area contributed by atoms with E-state index in [0.29, 0.717) is 12.6 Å². The quantitative estimate of drug-likeness (QED) is 0.720. The van der Waals surface area contributed by atoms with E-state index in [9.17, 15) is 5.11 Å². The summed E-state index contributed by atoms with van der Waals surface area (Å²) in [5.74, 6) is 0.781. The van der Waals surface area contributed by atoms with E-state index in [-0.39, 0.29) is 0 Å². The van der Waals surface area contributed by atoms with Gasteiger partial charge in [-0.3, -0.25) is 0 Å². The van der Waals surface area contributed by atoms with E-state index in [1.807, 2.05) is 13.2 Å². The number of aliphatic hydroxyl groups is 1. The maximum absolute atomic E-state index is 9.93. The van der Waals surface area contributed by atoms with Crippen LogP contribution in [0.1, 0.15) is 19.8 Å². The summed E-state index contributed by atoms with van der Waals surface area (Å²) < 4.78 is 5.27. The van der Waals surface area contributed by atoms with Crippen LogP contribution < -0.4 is 5.32 Å². The lowest BCUT2D eigenvalue weighted by Crippen LogP contribution is -2.45. The van der Waals surface area contributed by atoms with E-state index in [4.69, 9.17) is 4.74 Å². The Balaban J connectivity index is 2.17. The number of thioether (sulfide) groups is 1. The zero-order valence-corrected chi connectivity index (χ0v) is 9.90. The molecular formula is C10H21NO2S. The Morgan fingerprint density at radius 2 is 2.14 bits per heavy atom. The largest absolute Gasteiger partial charge is 0.388 e. The summed E-state index contributed by atoms with van der Waals surface area (Å²) in [5, 5.41) is 13.3. The van der Waals surface area contributed by atoms with Crippen LogP contribution in [-0.2, 0) is 4.74 Å². The van der Waals surface area contributed by atoms with Gasteiger partial charge in [0, 0.05) is 31.6 Å². The third-order valence-corrected chi connectivity index (χ3v) is 3.36. The minimum absolute atomic E-state index is 0.525. The standard InChI is InChI=1S/C10H21NO2S/c1-10(12,8-14-2)7-11-9-3-5-13-6-4-9/h9,11-12H,3-8H2,1-2H3. The van der Waals surface area contributed by atoms with E-state index in [2.05, 4.69) is 5.32 Å². The fourth-order valence-corrected chi connectivity index (χ4v) is 2.35. The first-order valence-electron chi connectivity index (χ1n) is 5.16. The minimum Gasteiger partial charge on any atom is -0.388 e. The summed E-state index contributed by atoms with van der Waals surface area (Å²) in [6.07, 6.45) is 4.15. The van der Waals surface area contributed by atoms with Crippen molar-refractivity contribution in [1.82, 2.24) is 5.32 Å². The number of rotatable bonds is 5. The van der Waals surface area contributed by atoms with Gasteiger partial charge in [-0.25, -0.2) is 0 Å². The van der Waals surface area contributed by atoms with Gasteiger partial charge >= 0.3 is 0 Å². The van der Waals surface area contributed by atoms with Gasteiger partial charge in [0.1, 0.15) is 0 Å². The predicted octanol–water partition coefficient (Wildman–Crippen LogP) is 0.869. The molecule has 0 aromatic carbocycles. The highest BCUT2D eigenvalue weighted by molar-refractivity contribution is 7.98. The van der Waals surface area contributed by atoms with Gasteiger partial charge in [-0.05, 0) is 26.0 Å². The van der Waals surface area contributed by atoms with Crippen LogP contribution in [0.5, 0.6) is 0 Å². The topological polar surface area (TPSA) is 41.5 Å². The van der Waals surface area contributed by atoms with Gasteiger partial charge in [0.2, 0.25) is 0 Å². The molecule has 0 bridgehead atoms. The van der Waals surface area contributed by atoms with E-state index in [1.165, 1.54) is 0 Å². The Labute approximate surface area is 90.6 Å². The van der Waals surface area contributed by atoms with Gasteiger partial charge in [-0.15, -0.1) is 0 Å². The van der Waals surface area contributed by atoms with Crippen molar-refractivity contribution >= 4 is 11.8 Å². The van der Waals surface area contributed by atoms with E-state index >= 15 is 0 Å². The molecule has 0 aliphatic carbocycles. The summed E-state index contributed by atoms with van der Waals surface area (Å²) in [4.78, 5) is 0. The summed E-state index contributed by atoms with van der Waals surface area (Å²) >= 11 is 1.68. The highest BCUT2D eigenvalue weighted by Gasteiger charge is 2.22. The highest BCUT2D eigenvalue weighted by atomic mass is 32.2. The second-order valence-corrected chi connectivity index (χ2v) is 5.06. The van der Waals surface area contributed by atoms with Gasteiger partial charge in [0.25, 0.3) is 0 Å². The molecule has 1 atom stereocenters. The molecule has 1 heterocycles. The SMILES string of the molecule is CSCC(C)(O)CNC1CCOCC1. The van der Waals surface area contributed by atoms with Crippen LogP contribution >= 0.6 is 11.8 Å². The molecule has 0 radical (unpaired) electrons. The molecular weight excluding hydrogens is 198 g/mol. The fraction of sp³-hybridized carbons (Fsp3) is 1.00. The van der Waals surface area contributed by atoms with Crippen LogP contribution in [-0.4, -0.2) is 48.5 Å². The monoisotopic (exact) mass is 219 g/mol. The second-order valence-electron chi connectivity index (χ2n) is 4.20. The van der Waals surface area contributed by atoms with Gasteiger partial charge in [-0.2, -0.15) is 11.8 Å². The molecule has 2 N–H and O–H groups in total. The van der Waals surface area contributed by atoms with Crippen molar-refractivity contribution in [3.63, 3.8) is 0 Å². The molecule has 0 spiro atoms. The second kappa shape index (κ2) is 5.95.